The van der Waals surface area contributed by atoms with Gasteiger partial charge in [0, 0.05) is 12.5 Å². The molecule has 2 aliphatic heterocycles. The van der Waals surface area contributed by atoms with E-state index in [-0.39, 0.29) is 18.0 Å². The number of fused-ring (bicyclic) bond motifs is 1. The van der Waals surface area contributed by atoms with Crippen LogP contribution in [0, 0.1) is 0 Å². The third-order valence-corrected chi connectivity index (χ3v) is 6.13. The van der Waals surface area contributed by atoms with Gasteiger partial charge < -0.3 is 14.8 Å². The van der Waals surface area contributed by atoms with E-state index >= 15 is 0 Å². The Bertz CT molecular complexity index is 865. The fraction of sp³-hybridized carbons (Fsp3) is 0.480. The van der Waals surface area contributed by atoms with Crippen LogP contribution in [-0.2, 0) is 11.2 Å². The molecule has 1 N–H and O–H groups in total. The van der Waals surface area contributed by atoms with Gasteiger partial charge in [-0.1, -0.05) is 37.3 Å². The van der Waals surface area contributed by atoms with Crippen molar-refractivity contribution < 1.29 is 14.3 Å². The number of ether oxygens (including phenoxy) is 2. The first-order chi connectivity index (χ1) is 14.6. The van der Waals surface area contributed by atoms with Crippen LogP contribution < -0.4 is 14.8 Å². The van der Waals surface area contributed by atoms with E-state index in [0.29, 0.717) is 19.8 Å². The number of nitrogens with zero attached hydrogens (tertiary/aromatic N) is 1. The second-order valence-corrected chi connectivity index (χ2v) is 8.27. The van der Waals surface area contributed by atoms with Gasteiger partial charge in [-0.05, 0) is 61.6 Å². The molecule has 4 rings (SSSR count). The van der Waals surface area contributed by atoms with E-state index in [1.807, 2.05) is 13.0 Å². The molecule has 30 heavy (non-hydrogen) atoms. The lowest BCUT2D eigenvalue weighted by Crippen LogP contribution is -2.38. The Labute approximate surface area is 179 Å². The van der Waals surface area contributed by atoms with E-state index in [1.54, 1.807) is 0 Å². The van der Waals surface area contributed by atoms with Crippen molar-refractivity contribution in [3.05, 3.63) is 59.2 Å². The van der Waals surface area contributed by atoms with Gasteiger partial charge in [0.2, 0.25) is 5.91 Å². The highest BCUT2D eigenvalue weighted by Gasteiger charge is 2.29. The maximum absolute atomic E-state index is 12.8. The second-order valence-electron chi connectivity index (χ2n) is 8.27. The fourth-order valence-corrected chi connectivity index (χ4v) is 4.38. The Balaban J connectivity index is 1.38. The summed E-state index contributed by atoms with van der Waals surface area (Å²) in [6, 6.07) is 15.0. The number of aryl methyl sites for hydroxylation is 1. The number of hydrogen-bond donors (Lipinski definition) is 1. The summed E-state index contributed by atoms with van der Waals surface area (Å²) >= 11 is 0. The van der Waals surface area contributed by atoms with E-state index in [2.05, 4.69) is 53.5 Å². The van der Waals surface area contributed by atoms with E-state index in [0.717, 1.165) is 49.3 Å². The monoisotopic (exact) mass is 408 g/mol. The van der Waals surface area contributed by atoms with Gasteiger partial charge in [-0.25, -0.2) is 0 Å². The molecular weight excluding hydrogens is 376 g/mol. The van der Waals surface area contributed by atoms with Crippen molar-refractivity contribution in [2.75, 3.05) is 26.3 Å². The quantitative estimate of drug-likeness (QED) is 0.769. The van der Waals surface area contributed by atoms with Crippen molar-refractivity contribution in [3.63, 3.8) is 0 Å². The van der Waals surface area contributed by atoms with Crippen molar-refractivity contribution in [3.8, 4) is 11.5 Å². The molecule has 2 aromatic carbocycles. The van der Waals surface area contributed by atoms with Crippen LogP contribution in [0.1, 0.15) is 61.9 Å². The van der Waals surface area contributed by atoms with Gasteiger partial charge in [0.1, 0.15) is 0 Å². The van der Waals surface area contributed by atoms with E-state index in [1.165, 1.54) is 11.1 Å². The zero-order valence-electron chi connectivity index (χ0n) is 18.0. The molecule has 160 valence electrons. The Morgan fingerprint density at radius 1 is 1.10 bits per heavy atom. The highest BCUT2D eigenvalue weighted by molar-refractivity contribution is 5.78. The maximum Gasteiger partial charge on any atom is 0.234 e. The van der Waals surface area contributed by atoms with Crippen molar-refractivity contribution in [2.24, 2.45) is 0 Å². The Morgan fingerprint density at radius 3 is 2.63 bits per heavy atom. The summed E-state index contributed by atoms with van der Waals surface area (Å²) < 4.78 is 11.6. The van der Waals surface area contributed by atoms with Crippen molar-refractivity contribution in [1.82, 2.24) is 10.2 Å². The van der Waals surface area contributed by atoms with Crippen molar-refractivity contribution in [1.29, 1.82) is 0 Å². The first-order valence-electron chi connectivity index (χ1n) is 11.2. The van der Waals surface area contributed by atoms with Gasteiger partial charge >= 0.3 is 0 Å². The smallest absolute Gasteiger partial charge is 0.234 e. The van der Waals surface area contributed by atoms with Gasteiger partial charge in [0.05, 0.1) is 25.8 Å². The Kier molecular flexibility index (Phi) is 6.58. The number of amides is 1. The van der Waals surface area contributed by atoms with Gasteiger partial charge in [-0.15, -0.1) is 0 Å². The summed E-state index contributed by atoms with van der Waals surface area (Å²) in [5.74, 6) is 1.72. The van der Waals surface area contributed by atoms with Crippen LogP contribution in [-0.4, -0.2) is 37.1 Å². The lowest BCUT2D eigenvalue weighted by Gasteiger charge is -2.26. The van der Waals surface area contributed by atoms with Crippen LogP contribution in [0.3, 0.4) is 0 Å². The zero-order valence-corrected chi connectivity index (χ0v) is 18.0. The first-order valence-corrected chi connectivity index (χ1v) is 11.2. The maximum atomic E-state index is 12.8. The third kappa shape index (κ3) is 4.78. The average molecular weight is 409 g/mol. The fourth-order valence-electron chi connectivity index (χ4n) is 4.38. The topological polar surface area (TPSA) is 50.8 Å². The molecule has 2 heterocycles. The highest BCUT2D eigenvalue weighted by Crippen LogP contribution is 2.37. The van der Waals surface area contributed by atoms with Crippen LogP contribution in [0.2, 0.25) is 0 Å². The van der Waals surface area contributed by atoms with E-state index in [4.69, 9.17) is 9.47 Å². The molecule has 5 nitrogen and oxygen atoms in total. The van der Waals surface area contributed by atoms with Crippen molar-refractivity contribution >= 4 is 5.91 Å². The van der Waals surface area contributed by atoms with Crippen LogP contribution in [0.5, 0.6) is 11.5 Å². The predicted molar refractivity (Wildman–Crippen MR) is 118 cm³/mol. The van der Waals surface area contributed by atoms with Gasteiger partial charge in [0.15, 0.2) is 11.5 Å². The van der Waals surface area contributed by atoms with E-state index < -0.39 is 0 Å². The van der Waals surface area contributed by atoms with Crippen molar-refractivity contribution in [2.45, 2.75) is 51.6 Å². The molecular formula is C25H32N2O3. The predicted octanol–water partition coefficient (Wildman–Crippen LogP) is 4.42. The number of carbonyl (C=O) groups is 1. The zero-order chi connectivity index (χ0) is 20.9. The SMILES string of the molecule is CCc1ccc([C@H](C)NC(=O)CN2CCC[C@H]2c2ccc3c(c2)OCCCO3)cc1. The summed E-state index contributed by atoms with van der Waals surface area (Å²) in [4.78, 5) is 15.0. The van der Waals surface area contributed by atoms with Gasteiger partial charge in [-0.3, -0.25) is 9.69 Å². The Hall–Kier alpha value is -2.53. The normalized spacial score (nSPS) is 19.9. The molecule has 0 saturated carbocycles. The number of hydrogen-bond acceptors (Lipinski definition) is 4. The van der Waals surface area contributed by atoms with Gasteiger partial charge in [0.25, 0.3) is 0 Å². The molecule has 0 radical (unpaired) electrons. The minimum absolute atomic E-state index is 0.00232. The molecule has 2 aromatic rings. The summed E-state index contributed by atoms with van der Waals surface area (Å²) in [5.41, 5.74) is 3.65. The molecule has 0 spiro atoms. The summed E-state index contributed by atoms with van der Waals surface area (Å²) in [5, 5.41) is 3.17. The van der Waals surface area contributed by atoms with Crippen LogP contribution >= 0.6 is 0 Å². The molecule has 2 aliphatic rings. The number of carbonyl (C=O) groups excluding carboxylic acids is 1. The minimum Gasteiger partial charge on any atom is -0.490 e. The number of benzene rings is 2. The molecule has 1 saturated heterocycles. The van der Waals surface area contributed by atoms with Crippen LogP contribution in [0.25, 0.3) is 0 Å². The van der Waals surface area contributed by atoms with E-state index in [9.17, 15) is 4.79 Å². The minimum atomic E-state index is 0.00232. The number of likely N-dealkylation sites (tertiary alicyclic amines) is 1. The molecule has 2 atom stereocenters. The number of rotatable bonds is 6. The lowest BCUT2D eigenvalue weighted by molar-refractivity contribution is -0.123. The number of nitrogens with one attached hydrogen (secondary N) is 1. The molecule has 5 heteroatoms. The first kappa shape index (κ1) is 20.7. The molecule has 1 fully saturated rings. The lowest BCUT2D eigenvalue weighted by atomic mass is 10.0. The summed E-state index contributed by atoms with van der Waals surface area (Å²) in [6.07, 6.45) is 4.08. The average Bonchev–Trinajstić information content (AvgIpc) is 3.08. The molecule has 1 amide bonds. The van der Waals surface area contributed by atoms with Crippen LogP contribution in [0.15, 0.2) is 42.5 Å². The summed E-state index contributed by atoms with van der Waals surface area (Å²) in [7, 11) is 0. The molecule has 0 aromatic heterocycles. The standard InChI is InChI=1S/C25H32N2O3/c1-3-19-7-9-20(10-8-19)18(2)26-25(28)17-27-13-4-6-22(27)21-11-12-23-24(16-21)30-15-5-14-29-23/h7-12,16,18,22H,3-6,13-15,17H2,1-2H3,(H,26,28)/t18-,22-/m0/s1. The molecule has 0 aliphatic carbocycles. The summed E-state index contributed by atoms with van der Waals surface area (Å²) in [6.45, 7) is 6.93. The largest absolute Gasteiger partial charge is 0.490 e. The van der Waals surface area contributed by atoms with Crippen LogP contribution in [0.4, 0.5) is 0 Å². The van der Waals surface area contributed by atoms with Gasteiger partial charge in [-0.2, -0.15) is 0 Å². The second kappa shape index (κ2) is 9.52. The third-order valence-electron chi connectivity index (χ3n) is 6.13. The molecule has 0 bridgehead atoms. The molecule has 0 unspecified atom stereocenters. The Morgan fingerprint density at radius 2 is 1.87 bits per heavy atom. The highest BCUT2D eigenvalue weighted by atomic mass is 16.5.